The van der Waals surface area contributed by atoms with Gasteiger partial charge in [-0.2, -0.15) is 0 Å². The Kier molecular flexibility index (Phi) is 5.60. The predicted octanol–water partition coefficient (Wildman–Crippen LogP) is 7.32. The van der Waals surface area contributed by atoms with Gasteiger partial charge in [-0.25, -0.2) is 0 Å². The molecule has 1 heteroatoms. The molecule has 0 bridgehead atoms. The second-order valence-electron chi connectivity index (χ2n) is 10.4. The lowest BCUT2D eigenvalue weighted by molar-refractivity contribution is 0.0298. The number of benzene rings is 2. The maximum absolute atomic E-state index is 6.32. The Hall–Kier alpha value is -2.20. The van der Waals surface area contributed by atoms with Crippen molar-refractivity contribution in [2.24, 2.45) is 23.2 Å². The van der Waals surface area contributed by atoms with Crippen LogP contribution >= 0.6 is 0 Å². The SMILES string of the molecule is C#CC[C@H]1CC[C@H]2[C@@H]3CCc4cc(OCc5ccccc5)c(CC)cc4[C@H]3CC[C@]12C. The van der Waals surface area contributed by atoms with Crippen LogP contribution in [0.5, 0.6) is 5.75 Å². The highest BCUT2D eigenvalue weighted by molar-refractivity contribution is 5.46. The summed E-state index contributed by atoms with van der Waals surface area (Å²) in [5, 5.41) is 0. The molecule has 1 nitrogen and oxygen atoms in total. The standard InChI is InChI=1S/C30H36O/c1-4-9-24-13-15-28-26-14-12-23-19-29(31-20-21-10-7-6-8-11-21)22(5-2)18-27(23)25(26)16-17-30(24,28)3/h1,6-8,10-11,18-19,24-26,28H,5,9,12-17,20H2,2-3H3/t24-,25-,26+,28-,30+/m0/s1. The summed E-state index contributed by atoms with van der Waals surface area (Å²) >= 11 is 0. The lowest BCUT2D eigenvalue weighted by Gasteiger charge is -2.51. The third-order valence-electron chi connectivity index (χ3n) is 9.08. The minimum atomic E-state index is 0.470. The molecule has 2 saturated carbocycles. The zero-order valence-corrected chi connectivity index (χ0v) is 19.2. The van der Waals surface area contributed by atoms with Crippen LogP contribution in [0.3, 0.4) is 0 Å². The first kappa shape index (κ1) is 20.7. The van der Waals surface area contributed by atoms with Gasteiger partial charge in [-0.15, -0.1) is 12.3 Å². The van der Waals surface area contributed by atoms with Gasteiger partial charge in [0.25, 0.3) is 0 Å². The summed E-state index contributed by atoms with van der Waals surface area (Å²) < 4.78 is 6.32. The van der Waals surface area contributed by atoms with Gasteiger partial charge in [-0.3, -0.25) is 0 Å². The molecule has 31 heavy (non-hydrogen) atoms. The van der Waals surface area contributed by atoms with Crippen LogP contribution < -0.4 is 4.74 Å². The van der Waals surface area contributed by atoms with Crippen LogP contribution in [-0.2, 0) is 19.4 Å². The molecule has 0 unspecified atom stereocenters. The maximum Gasteiger partial charge on any atom is 0.123 e. The molecule has 2 aromatic carbocycles. The van der Waals surface area contributed by atoms with Gasteiger partial charge in [0.05, 0.1) is 0 Å². The average Bonchev–Trinajstić information content (AvgIpc) is 3.14. The minimum Gasteiger partial charge on any atom is -0.489 e. The lowest BCUT2D eigenvalue weighted by atomic mass is 9.54. The highest BCUT2D eigenvalue weighted by Crippen LogP contribution is 2.63. The Bertz CT molecular complexity index is 968. The van der Waals surface area contributed by atoms with E-state index in [0.29, 0.717) is 12.0 Å². The summed E-state index contributed by atoms with van der Waals surface area (Å²) in [7, 11) is 0. The minimum absolute atomic E-state index is 0.470. The number of aryl methyl sites for hydroxylation is 2. The molecule has 0 heterocycles. The molecule has 5 rings (SSSR count). The molecule has 0 radical (unpaired) electrons. The molecule has 0 aromatic heterocycles. The molecule has 0 N–H and O–H groups in total. The van der Waals surface area contributed by atoms with Crippen molar-refractivity contribution in [2.45, 2.75) is 77.7 Å². The molecule has 0 aliphatic heterocycles. The smallest absolute Gasteiger partial charge is 0.123 e. The molecule has 0 spiro atoms. The fraction of sp³-hybridized carbons (Fsp3) is 0.533. The van der Waals surface area contributed by atoms with E-state index in [0.717, 1.165) is 42.3 Å². The largest absolute Gasteiger partial charge is 0.489 e. The lowest BCUT2D eigenvalue weighted by Crippen LogP contribution is -2.42. The van der Waals surface area contributed by atoms with Gasteiger partial charge < -0.3 is 4.74 Å². The zero-order valence-electron chi connectivity index (χ0n) is 19.2. The van der Waals surface area contributed by atoms with Crippen LogP contribution in [0.25, 0.3) is 0 Å². The maximum atomic E-state index is 6.32. The van der Waals surface area contributed by atoms with Crippen molar-refractivity contribution in [1.29, 1.82) is 0 Å². The number of hydrogen-bond acceptors (Lipinski definition) is 1. The van der Waals surface area contributed by atoms with E-state index in [1.807, 2.05) is 0 Å². The van der Waals surface area contributed by atoms with Gasteiger partial charge in [0.15, 0.2) is 0 Å². The van der Waals surface area contributed by atoms with Crippen LogP contribution in [0, 0.1) is 35.5 Å². The third kappa shape index (κ3) is 3.59. The van der Waals surface area contributed by atoms with E-state index < -0.39 is 0 Å². The Morgan fingerprint density at radius 2 is 1.94 bits per heavy atom. The Morgan fingerprint density at radius 1 is 1.10 bits per heavy atom. The van der Waals surface area contributed by atoms with E-state index in [9.17, 15) is 0 Å². The van der Waals surface area contributed by atoms with Crippen molar-refractivity contribution in [3.05, 3.63) is 64.7 Å². The number of rotatable bonds is 5. The molecular weight excluding hydrogens is 376 g/mol. The number of hydrogen-bond donors (Lipinski definition) is 0. The molecule has 162 valence electrons. The molecule has 3 aliphatic rings. The molecule has 2 fully saturated rings. The predicted molar refractivity (Wildman–Crippen MR) is 128 cm³/mol. The van der Waals surface area contributed by atoms with Crippen LogP contribution in [0.1, 0.15) is 80.5 Å². The Balaban J connectivity index is 1.39. The first-order valence-corrected chi connectivity index (χ1v) is 12.4. The second kappa shape index (κ2) is 8.38. The van der Waals surface area contributed by atoms with Crippen molar-refractivity contribution in [1.82, 2.24) is 0 Å². The molecule has 2 aromatic rings. The first-order valence-electron chi connectivity index (χ1n) is 12.4. The summed E-state index contributed by atoms with van der Waals surface area (Å²) in [5.41, 5.74) is 6.26. The van der Waals surface area contributed by atoms with Gasteiger partial charge in [-0.05, 0) is 102 Å². The first-order chi connectivity index (χ1) is 15.1. The third-order valence-corrected chi connectivity index (χ3v) is 9.08. The van der Waals surface area contributed by atoms with Crippen molar-refractivity contribution >= 4 is 0 Å². The quantitative estimate of drug-likeness (QED) is 0.467. The van der Waals surface area contributed by atoms with E-state index in [2.05, 4.69) is 62.2 Å². The van der Waals surface area contributed by atoms with E-state index >= 15 is 0 Å². The molecule has 0 saturated heterocycles. The van der Waals surface area contributed by atoms with Crippen LogP contribution in [0.4, 0.5) is 0 Å². The van der Waals surface area contributed by atoms with E-state index in [1.54, 1.807) is 11.1 Å². The second-order valence-corrected chi connectivity index (χ2v) is 10.4. The van der Waals surface area contributed by atoms with Crippen LogP contribution in [-0.4, -0.2) is 0 Å². The van der Waals surface area contributed by atoms with Gasteiger partial charge in [0, 0.05) is 6.42 Å². The molecular formula is C30H36O. The Labute approximate surface area is 188 Å². The van der Waals surface area contributed by atoms with Gasteiger partial charge in [0.1, 0.15) is 12.4 Å². The topological polar surface area (TPSA) is 9.23 Å². The average molecular weight is 413 g/mol. The van der Waals surface area contributed by atoms with E-state index in [1.165, 1.54) is 49.7 Å². The van der Waals surface area contributed by atoms with Crippen molar-refractivity contribution in [2.75, 3.05) is 0 Å². The van der Waals surface area contributed by atoms with Gasteiger partial charge >= 0.3 is 0 Å². The van der Waals surface area contributed by atoms with Crippen LogP contribution in [0.2, 0.25) is 0 Å². The van der Waals surface area contributed by atoms with Crippen molar-refractivity contribution in [3.8, 4) is 18.1 Å². The fourth-order valence-electron chi connectivity index (χ4n) is 7.38. The van der Waals surface area contributed by atoms with Gasteiger partial charge in [-0.1, -0.05) is 50.2 Å². The van der Waals surface area contributed by atoms with E-state index in [4.69, 9.17) is 11.2 Å². The summed E-state index contributed by atoms with van der Waals surface area (Å²) in [6.45, 7) is 5.48. The number of ether oxygens (including phenoxy) is 1. The Morgan fingerprint density at radius 3 is 2.71 bits per heavy atom. The summed E-state index contributed by atoms with van der Waals surface area (Å²) in [5.74, 6) is 7.26. The summed E-state index contributed by atoms with van der Waals surface area (Å²) in [6.07, 6.45) is 15.7. The van der Waals surface area contributed by atoms with Crippen molar-refractivity contribution < 1.29 is 4.74 Å². The summed E-state index contributed by atoms with van der Waals surface area (Å²) in [4.78, 5) is 0. The fourth-order valence-corrected chi connectivity index (χ4v) is 7.38. The number of terminal acetylenes is 1. The monoisotopic (exact) mass is 412 g/mol. The zero-order chi connectivity index (χ0) is 21.4. The molecule has 0 amide bonds. The highest BCUT2D eigenvalue weighted by Gasteiger charge is 2.54. The highest BCUT2D eigenvalue weighted by atomic mass is 16.5. The molecule has 5 atom stereocenters. The normalized spacial score (nSPS) is 31.3. The number of fused-ring (bicyclic) bond motifs is 5. The van der Waals surface area contributed by atoms with Crippen molar-refractivity contribution in [3.63, 3.8) is 0 Å². The summed E-state index contributed by atoms with van der Waals surface area (Å²) in [6, 6.07) is 15.4. The van der Waals surface area contributed by atoms with Gasteiger partial charge in [0.2, 0.25) is 0 Å². The molecule has 3 aliphatic carbocycles. The van der Waals surface area contributed by atoms with E-state index in [-0.39, 0.29) is 0 Å². The van der Waals surface area contributed by atoms with Crippen LogP contribution in [0.15, 0.2) is 42.5 Å².